The maximum Gasteiger partial charge on any atom is 0.408 e. The molecule has 3 amide bonds. The molecule has 2 atom stereocenters. The average Bonchev–Trinajstić information content (AvgIpc) is 2.77. The number of phenols is 1. The fourth-order valence-electron chi connectivity index (χ4n) is 4.77. The van der Waals surface area contributed by atoms with Gasteiger partial charge < -0.3 is 25.8 Å². The van der Waals surface area contributed by atoms with E-state index in [1.165, 1.54) is 32.1 Å². The van der Waals surface area contributed by atoms with Crippen LogP contribution < -0.4 is 16.0 Å². The first kappa shape index (κ1) is 29.5. The van der Waals surface area contributed by atoms with Gasteiger partial charge in [0.1, 0.15) is 23.4 Å². The van der Waals surface area contributed by atoms with Crippen LogP contribution in [0.4, 0.5) is 4.79 Å². The monoisotopic (exact) mass is 503 g/mol. The predicted octanol–water partition coefficient (Wildman–Crippen LogP) is 4.43. The molecule has 36 heavy (non-hydrogen) atoms. The minimum atomic E-state index is -0.955. The van der Waals surface area contributed by atoms with E-state index < -0.39 is 29.7 Å². The predicted molar refractivity (Wildman–Crippen MR) is 141 cm³/mol. The molecule has 1 aliphatic rings. The van der Waals surface area contributed by atoms with E-state index in [0.717, 1.165) is 35.4 Å². The third-order valence-corrected chi connectivity index (χ3v) is 6.66. The highest BCUT2D eigenvalue weighted by Gasteiger charge is 2.28. The third-order valence-electron chi connectivity index (χ3n) is 6.66. The van der Waals surface area contributed by atoms with E-state index in [1.54, 1.807) is 39.8 Å². The van der Waals surface area contributed by atoms with Gasteiger partial charge in [-0.3, -0.25) is 9.59 Å². The van der Waals surface area contributed by atoms with E-state index in [1.807, 2.05) is 13.8 Å². The summed E-state index contributed by atoms with van der Waals surface area (Å²) in [4.78, 5) is 38.3. The van der Waals surface area contributed by atoms with Gasteiger partial charge >= 0.3 is 6.09 Å². The standard InChI is InChI=1S/C28H45N3O5/c1-18-15-22(32)16-19(2)23(18)17-24(31-27(35)36-28(4,5)6)26(34)30-20(3)25(33)29-14-10-13-21-11-8-7-9-12-21/h15-16,20-21,24,32H,7-14,17H2,1-6H3,(H,29,33)(H,30,34)(H,31,35)/t20-,24?/m1/s1. The summed E-state index contributed by atoms with van der Waals surface area (Å²) in [5.41, 5.74) is 1.73. The van der Waals surface area contributed by atoms with Crippen LogP contribution in [-0.4, -0.2) is 47.2 Å². The number of alkyl carbamates (subject to hydrolysis) is 1. The Labute approximate surface area is 215 Å². The lowest BCUT2D eigenvalue weighted by atomic mass is 9.86. The van der Waals surface area contributed by atoms with Crippen molar-refractivity contribution in [2.24, 2.45) is 5.92 Å². The van der Waals surface area contributed by atoms with Crippen LogP contribution in [0.3, 0.4) is 0 Å². The van der Waals surface area contributed by atoms with E-state index in [-0.39, 0.29) is 18.1 Å². The van der Waals surface area contributed by atoms with E-state index in [0.29, 0.717) is 6.54 Å². The highest BCUT2D eigenvalue weighted by Crippen LogP contribution is 2.27. The van der Waals surface area contributed by atoms with Crippen molar-refractivity contribution >= 4 is 17.9 Å². The van der Waals surface area contributed by atoms with Crippen molar-refractivity contribution in [3.8, 4) is 5.75 Å². The highest BCUT2D eigenvalue weighted by atomic mass is 16.6. The maximum absolute atomic E-state index is 13.2. The second-order valence-corrected chi connectivity index (χ2v) is 11.1. The smallest absolute Gasteiger partial charge is 0.408 e. The first-order valence-corrected chi connectivity index (χ1v) is 13.2. The number of rotatable bonds is 10. The number of aryl methyl sites for hydroxylation is 2. The van der Waals surface area contributed by atoms with Crippen LogP contribution in [-0.2, 0) is 20.7 Å². The quantitative estimate of drug-likeness (QED) is 0.353. The van der Waals surface area contributed by atoms with Crippen molar-refractivity contribution < 1.29 is 24.2 Å². The molecule has 0 aliphatic heterocycles. The number of carbonyl (C=O) groups is 3. The Balaban J connectivity index is 1.98. The highest BCUT2D eigenvalue weighted by molar-refractivity contribution is 5.91. The largest absolute Gasteiger partial charge is 0.508 e. The summed E-state index contributed by atoms with van der Waals surface area (Å²) >= 11 is 0. The zero-order valence-corrected chi connectivity index (χ0v) is 22.8. The van der Waals surface area contributed by atoms with Crippen LogP contribution in [0.25, 0.3) is 0 Å². The maximum atomic E-state index is 13.2. The van der Waals surface area contributed by atoms with Crippen LogP contribution in [0.15, 0.2) is 12.1 Å². The Hall–Kier alpha value is -2.77. The number of nitrogens with one attached hydrogen (secondary N) is 3. The molecular weight excluding hydrogens is 458 g/mol. The zero-order chi connectivity index (χ0) is 26.9. The number of aromatic hydroxyl groups is 1. The van der Waals surface area contributed by atoms with Gasteiger partial charge in [0.25, 0.3) is 0 Å². The van der Waals surface area contributed by atoms with Crippen LogP contribution in [0.2, 0.25) is 0 Å². The van der Waals surface area contributed by atoms with Crippen LogP contribution in [0.5, 0.6) is 5.75 Å². The minimum Gasteiger partial charge on any atom is -0.508 e. The third kappa shape index (κ3) is 10.1. The molecule has 1 aromatic carbocycles. The van der Waals surface area contributed by atoms with Gasteiger partial charge in [-0.1, -0.05) is 32.1 Å². The fourth-order valence-corrected chi connectivity index (χ4v) is 4.77. The molecule has 1 fully saturated rings. The molecular formula is C28H45N3O5. The molecule has 8 heteroatoms. The van der Waals surface area contributed by atoms with Crippen molar-refractivity contribution in [1.82, 2.24) is 16.0 Å². The Kier molecular flexibility index (Phi) is 11.1. The summed E-state index contributed by atoms with van der Waals surface area (Å²) in [6.45, 7) is 11.1. The van der Waals surface area contributed by atoms with Gasteiger partial charge in [0.05, 0.1) is 0 Å². The van der Waals surface area contributed by atoms with Gasteiger partial charge in [0.15, 0.2) is 0 Å². The van der Waals surface area contributed by atoms with Crippen LogP contribution >= 0.6 is 0 Å². The first-order valence-electron chi connectivity index (χ1n) is 13.2. The van der Waals surface area contributed by atoms with Crippen molar-refractivity contribution in [3.05, 3.63) is 28.8 Å². The van der Waals surface area contributed by atoms with Gasteiger partial charge in [-0.25, -0.2) is 4.79 Å². The molecule has 202 valence electrons. The summed E-state index contributed by atoms with van der Waals surface area (Å²) in [6.07, 6.45) is 8.05. The van der Waals surface area contributed by atoms with E-state index in [9.17, 15) is 19.5 Å². The van der Waals surface area contributed by atoms with Gasteiger partial charge in [0.2, 0.25) is 11.8 Å². The van der Waals surface area contributed by atoms with E-state index >= 15 is 0 Å². The number of hydrogen-bond acceptors (Lipinski definition) is 5. The lowest BCUT2D eigenvalue weighted by molar-refractivity contribution is -0.129. The number of ether oxygens (including phenoxy) is 1. The molecule has 0 radical (unpaired) electrons. The SMILES string of the molecule is Cc1cc(O)cc(C)c1CC(NC(=O)OC(C)(C)C)C(=O)N[C@H](C)C(=O)NCCCC1CCCCC1. The average molecular weight is 504 g/mol. The Morgan fingerprint density at radius 1 is 1.03 bits per heavy atom. The molecule has 0 saturated heterocycles. The van der Waals surface area contributed by atoms with Crippen molar-refractivity contribution in [2.75, 3.05) is 6.54 Å². The van der Waals surface area contributed by atoms with Crippen LogP contribution in [0.1, 0.15) is 89.3 Å². The summed E-state index contributed by atoms with van der Waals surface area (Å²) in [6, 6.07) is 1.53. The molecule has 0 heterocycles. The minimum absolute atomic E-state index is 0.142. The van der Waals surface area contributed by atoms with Gasteiger partial charge in [-0.15, -0.1) is 0 Å². The number of carbonyl (C=O) groups excluding carboxylic acids is 3. The van der Waals surface area contributed by atoms with Gasteiger partial charge in [0, 0.05) is 13.0 Å². The lowest BCUT2D eigenvalue weighted by Gasteiger charge is -2.25. The molecule has 1 aromatic rings. The number of hydrogen-bond donors (Lipinski definition) is 4. The summed E-state index contributed by atoms with van der Waals surface area (Å²) < 4.78 is 5.35. The lowest BCUT2D eigenvalue weighted by Crippen LogP contribution is -2.54. The van der Waals surface area contributed by atoms with Crippen molar-refractivity contribution in [2.45, 2.75) is 111 Å². The Morgan fingerprint density at radius 2 is 1.64 bits per heavy atom. The summed E-state index contributed by atoms with van der Waals surface area (Å²) in [7, 11) is 0. The first-order chi connectivity index (χ1) is 16.9. The van der Waals surface area contributed by atoms with Crippen molar-refractivity contribution in [3.63, 3.8) is 0 Å². The molecule has 1 unspecified atom stereocenters. The van der Waals surface area contributed by atoms with Crippen LogP contribution in [0, 0.1) is 19.8 Å². The molecule has 4 N–H and O–H groups in total. The van der Waals surface area contributed by atoms with Crippen molar-refractivity contribution in [1.29, 1.82) is 0 Å². The summed E-state index contributed by atoms with van der Waals surface area (Å²) in [5, 5.41) is 18.2. The number of benzene rings is 1. The zero-order valence-electron chi connectivity index (χ0n) is 22.8. The molecule has 1 aliphatic carbocycles. The Morgan fingerprint density at radius 3 is 2.22 bits per heavy atom. The number of phenolic OH excluding ortho intramolecular Hbond substituents is 1. The normalized spacial score (nSPS) is 16.1. The second-order valence-electron chi connectivity index (χ2n) is 11.1. The topological polar surface area (TPSA) is 117 Å². The molecule has 2 rings (SSSR count). The molecule has 0 bridgehead atoms. The number of amides is 3. The fraction of sp³-hybridized carbons (Fsp3) is 0.679. The summed E-state index contributed by atoms with van der Waals surface area (Å²) in [5.74, 6) is 0.181. The van der Waals surface area contributed by atoms with E-state index in [2.05, 4.69) is 16.0 Å². The molecule has 0 aromatic heterocycles. The van der Waals surface area contributed by atoms with Gasteiger partial charge in [-0.2, -0.15) is 0 Å². The second kappa shape index (κ2) is 13.5. The molecule has 8 nitrogen and oxygen atoms in total. The molecule has 1 saturated carbocycles. The Bertz CT molecular complexity index is 880. The van der Waals surface area contributed by atoms with E-state index in [4.69, 9.17) is 4.74 Å². The molecule has 0 spiro atoms. The van der Waals surface area contributed by atoms with Gasteiger partial charge in [-0.05, 0) is 89.1 Å².